The SMILES string of the molecule is c1ccc(-c2ccc(-c3nc(-c4ccc(-c5cccc6c5C5(c7ccccc7-6)c6ccc7ccccc7c6Oc6c5ccc5ccccc65)cc4)c4ccccc4n3)cc2)cc1. The van der Waals surface area contributed by atoms with E-state index in [1.807, 2.05) is 12.1 Å². The second kappa shape index (κ2) is 13.4. The maximum atomic E-state index is 7.22. The lowest BCUT2D eigenvalue weighted by Gasteiger charge is -2.41. The van der Waals surface area contributed by atoms with Crippen molar-refractivity contribution in [3.8, 4) is 67.5 Å². The third kappa shape index (κ3) is 5.00. The fourth-order valence-corrected chi connectivity index (χ4v) is 10.4. The Morgan fingerprint density at radius 3 is 1.58 bits per heavy atom. The zero-order valence-electron chi connectivity index (χ0n) is 33.6. The zero-order chi connectivity index (χ0) is 40.8. The fraction of sp³-hybridized carbons (Fsp3) is 0.0169. The van der Waals surface area contributed by atoms with Crippen molar-refractivity contribution in [1.82, 2.24) is 9.97 Å². The van der Waals surface area contributed by atoms with Crippen molar-refractivity contribution >= 4 is 32.4 Å². The number of hydrogen-bond donors (Lipinski definition) is 0. The van der Waals surface area contributed by atoms with Crippen molar-refractivity contribution in [1.29, 1.82) is 0 Å². The molecule has 0 bridgehead atoms. The molecule has 1 aliphatic carbocycles. The molecule has 0 N–H and O–H groups in total. The normalized spacial score (nSPS) is 13.1. The first-order chi connectivity index (χ1) is 30.7. The summed E-state index contributed by atoms with van der Waals surface area (Å²) in [5.41, 5.74) is 15.2. The minimum atomic E-state index is -0.647. The molecule has 0 radical (unpaired) electrons. The Kier molecular flexibility index (Phi) is 7.52. The fourth-order valence-electron chi connectivity index (χ4n) is 10.4. The van der Waals surface area contributed by atoms with E-state index < -0.39 is 5.41 Å². The quantitative estimate of drug-likeness (QED) is 0.178. The Bertz CT molecular complexity index is 3510. The predicted octanol–water partition coefficient (Wildman–Crippen LogP) is 15.1. The van der Waals surface area contributed by atoms with Crippen LogP contribution in [0.3, 0.4) is 0 Å². The summed E-state index contributed by atoms with van der Waals surface area (Å²) in [6, 6.07) is 78.5. The topological polar surface area (TPSA) is 35.0 Å². The van der Waals surface area contributed by atoms with E-state index in [2.05, 4.69) is 206 Å². The monoisotopic (exact) mass is 788 g/mol. The van der Waals surface area contributed by atoms with Crippen LogP contribution in [0.5, 0.6) is 11.5 Å². The number of fused-ring (bicyclic) bond motifs is 14. The maximum absolute atomic E-state index is 7.22. The number of benzene rings is 10. The molecule has 3 heteroatoms. The average Bonchev–Trinajstić information content (AvgIpc) is 3.64. The van der Waals surface area contributed by atoms with Gasteiger partial charge >= 0.3 is 0 Å². The first-order valence-electron chi connectivity index (χ1n) is 21.2. The molecule has 62 heavy (non-hydrogen) atoms. The van der Waals surface area contributed by atoms with Gasteiger partial charge in [-0.3, -0.25) is 0 Å². The van der Waals surface area contributed by atoms with Gasteiger partial charge in [-0.05, 0) is 61.3 Å². The molecular formula is C59H36N2O. The first kappa shape index (κ1) is 34.7. The van der Waals surface area contributed by atoms with Crippen LogP contribution in [-0.4, -0.2) is 9.97 Å². The maximum Gasteiger partial charge on any atom is 0.160 e. The second-order valence-corrected chi connectivity index (χ2v) is 16.4. The van der Waals surface area contributed by atoms with Crippen LogP contribution in [0.4, 0.5) is 0 Å². The summed E-state index contributed by atoms with van der Waals surface area (Å²) in [4.78, 5) is 10.3. The minimum absolute atomic E-state index is 0.647. The number of nitrogens with zero attached hydrogens (tertiary/aromatic N) is 2. The number of hydrogen-bond acceptors (Lipinski definition) is 3. The van der Waals surface area contributed by atoms with Crippen molar-refractivity contribution in [2.24, 2.45) is 0 Å². The van der Waals surface area contributed by atoms with Gasteiger partial charge in [0.15, 0.2) is 5.82 Å². The summed E-state index contributed by atoms with van der Waals surface area (Å²) in [6.45, 7) is 0. The van der Waals surface area contributed by atoms with Gasteiger partial charge in [-0.2, -0.15) is 0 Å². The number of para-hydroxylation sites is 1. The summed E-state index contributed by atoms with van der Waals surface area (Å²) < 4.78 is 7.22. The second-order valence-electron chi connectivity index (χ2n) is 16.4. The molecule has 0 amide bonds. The molecule has 0 atom stereocenters. The molecule has 0 saturated heterocycles. The van der Waals surface area contributed by atoms with Crippen LogP contribution in [0.1, 0.15) is 22.3 Å². The average molecular weight is 789 g/mol. The number of ether oxygens (including phenoxy) is 1. The van der Waals surface area contributed by atoms with Gasteiger partial charge < -0.3 is 4.74 Å². The van der Waals surface area contributed by atoms with Crippen LogP contribution in [0.25, 0.3) is 88.5 Å². The van der Waals surface area contributed by atoms with E-state index in [9.17, 15) is 0 Å². The van der Waals surface area contributed by atoms with Gasteiger partial charge in [0.2, 0.25) is 0 Å². The lowest BCUT2D eigenvalue weighted by Crippen LogP contribution is -2.33. The number of aromatic nitrogens is 2. The molecule has 2 aliphatic rings. The molecule has 1 aliphatic heterocycles. The van der Waals surface area contributed by atoms with Crippen molar-refractivity contribution in [3.63, 3.8) is 0 Å². The van der Waals surface area contributed by atoms with E-state index >= 15 is 0 Å². The Labute approximate surface area is 359 Å². The van der Waals surface area contributed by atoms with Crippen LogP contribution in [-0.2, 0) is 5.41 Å². The summed E-state index contributed by atoms with van der Waals surface area (Å²) in [6.07, 6.45) is 0. The Balaban J connectivity index is 1.01. The van der Waals surface area contributed by atoms with Crippen LogP contribution in [0, 0.1) is 0 Å². The Hall–Kier alpha value is -8.14. The van der Waals surface area contributed by atoms with Crippen LogP contribution in [0.15, 0.2) is 218 Å². The van der Waals surface area contributed by atoms with Crippen molar-refractivity contribution < 1.29 is 4.74 Å². The summed E-state index contributed by atoms with van der Waals surface area (Å²) in [7, 11) is 0. The summed E-state index contributed by atoms with van der Waals surface area (Å²) in [5, 5.41) is 5.56. The molecule has 13 rings (SSSR count). The van der Waals surface area contributed by atoms with Crippen molar-refractivity contribution in [2.75, 3.05) is 0 Å². The van der Waals surface area contributed by atoms with Gasteiger partial charge in [-0.25, -0.2) is 9.97 Å². The molecule has 2 heterocycles. The van der Waals surface area contributed by atoms with E-state index in [1.54, 1.807) is 0 Å². The van der Waals surface area contributed by atoms with E-state index in [0.29, 0.717) is 5.82 Å². The molecule has 1 spiro atoms. The molecule has 0 fully saturated rings. The summed E-state index contributed by atoms with van der Waals surface area (Å²) in [5.74, 6) is 2.54. The van der Waals surface area contributed by atoms with E-state index in [0.717, 1.165) is 83.0 Å². The van der Waals surface area contributed by atoms with Crippen molar-refractivity contribution in [3.05, 3.63) is 241 Å². The minimum Gasteiger partial charge on any atom is -0.455 e. The standard InChI is InChI=1S/C59H36N2O/c1-2-13-37(14-3-1)38-25-31-43(32-26-38)58-60-53-24-11-9-20-49(53)55(61-58)42-29-27-41(28-30-42)44-21-12-22-48-47-19-8-10-23-50(47)59(54(44)48)51-35-33-39-15-4-6-17-45(39)56(51)62-57-46-18-7-5-16-40(46)34-36-52(57)59/h1-36H. The first-order valence-corrected chi connectivity index (χ1v) is 21.2. The zero-order valence-corrected chi connectivity index (χ0v) is 33.6. The highest BCUT2D eigenvalue weighted by atomic mass is 16.5. The van der Waals surface area contributed by atoms with E-state index in [1.165, 1.54) is 33.4 Å². The van der Waals surface area contributed by atoms with Crippen LogP contribution in [0.2, 0.25) is 0 Å². The molecule has 0 saturated carbocycles. The smallest absolute Gasteiger partial charge is 0.160 e. The van der Waals surface area contributed by atoms with E-state index in [4.69, 9.17) is 14.7 Å². The Morgan fingerprint density at radius 2 is 0.855 bits per heavy atom. The molecule has 0 unspecified atom stereocenters. The molecule has 10 aromatic carbocycles. The highest BCUT2D eigenvalue weighted by Crippen LogP contribution is 2.65. The van der Waals surface area contributed by atoms with Gasteiger partial charge in [0.1, 0.15) is 11.5 Å². The third-order valence-electron chi connectivity index (χ3n) is 13.2. The predicted molar refractivity (Wildman–Crippen MR) is 254 cm³/mol. The Morgan fingerprint density at radius 1 is 0.323 bits per heavy atom. The third-order valence-corrected chi connectivity index (χ3v) is 13.2. The van der Waals surface area contributed by atoms with E-state index in [-0.39, 0.29) is 0 Å². The van der Waals surface area contributed by atoms with Crippen LogP contribution >= 0.6 is 0 Å². The van der Waals surface area contributed by atoms with Gasteiger partial charge in [0.25, 0.3) is 0 Å². The number of rotatable bonds is 4. The highest BCUT2D eigenvalue weighted by molar-refractivity contribution is 6.02. The molecular weight excluding hydrogens is 753 g/mol. The lowest BCUT2D eigenvalue weighted by molar-refractivity contribution is 0.447. The van der Waals surface area contributed by atoms with Gasteiger partial charge in [0, 0.05) is 38.4 Å². The molecule has 1 aromatic heterocycles. The van der Waals surface area contributed by atoms with Gasteiger partial charge in [-0.15, -0.1) is 0 Å². The van der Waals surface area contributed by atoms with Crippen LogP contribution < -0.4 is 4.74 Å². The largest absolute Gasteiger partial charge is 0.455 e. The van der Waals surface area contributed by atoms with Gasteiger partial charge in [0.05, 0.1) is 16.6 Å². The van der Waals surface area contributed by atoms with Crippen molar-refractivity contribution in [2.45, 2.75) is 5.41 Å². The molecule has 11 aromatic rings. The molecule has 3 nitrogen and oxygen atoms in total. The highest BCUT2D eigenvalue weighted by Gasteiger charge is 2.53. The molecule has 288 valence electrons. The lowest BCUT2D eigenvalue weighted by atomic mass is 9.64. The summed E-state index contributed by atoms with van der Waals surface area (Å²) >= 11 is 0. The van der Waals surface area contributed by atoms with Gasteiger partial charge in [-0.1, -0.05) is 212 Å².